The van der Waals surface area contributed by atoms with Crippen LogP contribution in [0.2, 0.25) is 0 Å². The van der Waals surface area contributed by atoms with Crippen LogP contribution in [-0.4, -0.2) is 10.2 Å². The molecule has 0 aliphatic heterocycles. The van der Waals surface area contributed by atoms with Crippen molar-refractivity contribution < 1.29 is 10.2 Å². The molecule has 2 nitrogen and oxygen atoms in total. The fourth-order valence-electron chi connectivity index (χ4n) is 3.92. The Bertz CT molecular complexity index is 631. The van der Waals surface area contributed by atoms with E-state index < -0.39 is 0 Å². The minimum atomic E-state index is 0.343. The highest BCUT2D eigenvalue weighted by Crippen LogP contribution is 2.53. The Labute approximate surface area is 126 Å². The molecule has 0 bridgehead atoms. The van der Waals surface area contributed by atoms with Crippen LogP contribution in [0.1, 0.15) is 57.1 Å². The summed E-state index contributed by atoms with van der Waals surface area (Å²) in [6, 6.07) is 7.50. The van der Waals surface area contributed by atoms with Gasteiger partial charge in [-0.1, -0.05) is 39.8 Å². The number of phenolic OH excluding ortho intramolecular Hbond substituents is 2. The van der Waals surface area contributed by atoms with Gasteiger partial charge in [-0.2, -0.15) is 0 Å². The fraction of sp³-hybridized carbons (Fsp3) is 0.474. The lowest BCUT2D eigenvalue weighted by molar-refractivity contribution is 0.347. The Kier molecular flexibility index (Phi) is 3.35. The third-order valence-electron chi connectivity index (χ3n) is 5.08. The van der Waals surface area contributed by atoms with Gasteiger partial charge < -0.3 is 10.2 Å². The van der Waals surface area contributed by atoms with Gasteiger partial charge in [0.1, 0.15) is 11.5 Å². The lowest BCUT2D eigenvalue weighted by Crippen LogP contribution is -2.21. The summed E-state index contributed by atoms with van der Waals surface area (Å²) in [5, 5.41) is 23.0. The molecule has 0 spiro atoms. The van der Waals surface area contributed by atoms with Crippen molar-refractivity contribution in [3.05, 3.63) is 35.4 Å². The van der Waals surface area contributed by atoms with E-state index in [1.54, 1.807) is 12.1 Å². The third kappa shape index (κ3) is 2.08. The summed E-state index contributed by atoms with van der Waals surface area (Å²) < 4.78 is 0. The second kappa shape index (κ2) is 4.94. The predicted molar refractivity (Wildman–Crippen MR) is 87.1 cm³/mol. The first-order valence-electron chi connectivity index (χ1n) is 7.89. The van der Waals surface area contributed by atoms with Crippen LogP contribution in [0.3, 0.4) is 0 Å². The molecule has 21 heavy (non-hydrogen) atoms. The van der Waals surface area contributed by atoms with Gasteiger partial charge in [0.05, 0.1) is 0 Å². The van der Waals surface area contributed by atoms with Gasteiger partial charge in [0.25, 0.3) is 0 Å². The molecule has 2 atom stereocenters. The standard InChI is InChI=1S/C19H24O2/c1-10(2)13-9-14(11(3)4)19-16(21)8-6-12-5-7-15(20)18(13)17(12)19/h5-8,10-11,13-14,20-21H,9H2,1-4H3/t13-,14-/m0/s1. The smallest absolute Gasteiger partial charge is 0.119 e. The minimum absolute atomic E-state index is 0.343. The van der Waals surface area contributed by atoms with Crippen LogP contribution < -0.4 is 0 Å². The summed E-state index contributed by atoms with van der Waals surface area (Å²) in [5.74, 6) is 2.37. The van der Waals surface area contributed by atoms with Gasteiger partial charge in [0, 0.05) is 11.1 Å². The van der Waals surface area contributed by atoms with Crippen LogP contribution in [-0.2, 0) is 0 Å². The minimum Gasteiger partial charge on any atom is -0.508 e. The molecule has 0 unspecified atom stereocenters. The second-order valence-corrected chi connectivity index (χ2v) is 7.03. The number of hydrogen-bond donors (Lipinski definition) is 2. The van der Waals surface area contributed by atoms with Gasteiger partial charge in [-0.25, -0.2) is 0 Å². The molecule has 2 N–H and O–H groups in total. The van der Waals surface area contributed by atoms with E-state index >= 15 is 0 Å². The van der Waals surface area contributed by atoms with Crippen LogP contribution in [0.4, 0.5) is 0 Å². The molecule has 1 aliphatic rings. The molecule has 0 radical (unpaired) electrons. The fourth-order valence-corrected chi connectivity index (χ4v) is 3.92. The van der Waals surface area contributed by atoms with Crippen molar-refractivity contribution >= 4 is 10.8 Å². The first-order valence-corrected chi connectivity index (χ1v) is 7.89. The van der Waals surface area contributed by atoms with Crippen LogP contribution in [0.25, 0.3) is 10.8 Å². The van der Waals surface area contributed by atoms with Crippen molar-refractivity contribution in [2.75, 3.05) is 0 Å². The lowest BCUT2D eigenvalue weighted by atomic mass is 9.68. The van der Waals surface area contributed by atoms with Crippen LogP contribution >= 0.6 is 0 Å². The van der Waals surface area contributed by atoms with E-state index in [0.29, 0.717) is 35.2 Å². The van der Waals surface area contributed by atoms with Crippen LogP contribution in [0.5, 0.6) is 11.5 Å². The normalized spacial score (nSPS) is 21.4. The number of aromatic hydroxyl groups is 2. The molecule has 0 amide bonds. The summed E-state index contributed by atoms with van der Waals surface area (Å²) in [6.45, 7) is 8.87. The van der Waals surface area contributed by atoms with Gasteiger partial charge in [-0.3, -0.25) is 0 Å². The molecule has 1 aliphatic carbocycles. The maximum Gasteiger partial charge on any atom is 0.119 e. The van der Waals surface area contributed by atoms with Crippen LogP contribution in [0.15, 0.2) is 24.3 Å². The SMILES string of the molecule is CC(C)[C@@H]1C[C@@H](C(C)C)c2c(O)ccc3ccc(O)c1c23. The van der Waals surface area contributed by atoms with Crippen molar-refractivity contribution in [2.24, 2.45) is 11.8 Å². The molecular weight excluding hydrogens is 260 g/mol. The molecule has 0 saturated carbocycles. The van der Waals surface area contributed by atoms with E-state index in [2.05, 4.69) is 27.7 Å². The van der Waals surface area contributed by atoms with Crippen LogP contribution in [0, 0.1) is 11.8 Å². The van der Waals surface area contributed by atoms with E-state index in [4.69, 9.17) is 0 Å². The zero-order chi connectivity index (χ0) is 15.3. The first-order chi connectivity index (χ1) is 9.91. The van der Waals surface area contributed by atoms with Crippen molar-refractivity contribution in [3.8, 4) is 11.5 Å². The second-order valence-electron chi connectivity index (χ2n) is 7.03. The average Bonchev–Trinajstić information content (AvgIpc) is 2.43. The molecule has 2 aromatic rings. The summed E-state index contributed by atoms with van der Waals surface area (Å²) in [7, 11) is 0. The lowest BCUT2D eigenvalue weighted by Gasteiger charge is -2.36. The monoisotopic (exact) mass is 284 g/mol. The van der Waals surface area contributed by atoms with Gasteiger partial charge in [0.2, 0.25) is 0 Å². The highest BCUT2D eigenvalue weighted by molar-refractivity contribution is 5.94. The summed E-state index contributed by atoms with van der Waals surface area (Å²) in [5.41, 5.74) is 2.07. The maximum absolute atomic E-state index is 10.4. The maximum atomic E-state index is 10.4. The zero-order valence-corrected chi connectivity index (χ0v) is 13.2. The third-order valence-corrected chi connectivity index (χ3v) is 5.08. The van der Waals surface area contributed by atoms with Gasteiger partial charge in [-0.15, -0.1) is 0 Å². The molecular formula is C19H24O2. The predicted octanol–water partition coefficient (Wildman–Crippen LogP) is 5.13. The Morgan fingerprint density at radius 3 is 1.62 bits per heavy atom. The van der Waals surface area contributed by atoms with Gasteiger partial charge >= 0.3 is 0 Å². The van der Waals surface area contributed by atoms with Gasteiger partial charge in [0.15, 0.2) is 0 Å². The van der Waals surface area contributed by atoms with E-state index in [1.807, 2.05) is 12.1 Å². The molecule has 0 aromatic heterocycles. The molecule has 2 aromatic carbocycles. The quantitative estimate of drug-likeness (QED) is 0.802. The van der Waals surface area contributed by atoms with Crippen molar-refractivity contribution in [1.29, 1.82) is 0 Å². The molecule has 3 rings (SSSR count). The topological polar surface area (TPSA) is 40.5 Å². The van der Waals surface area contributed by atoms with E-state index in [-0.39, 0.29) is 0 Å². The highest BCUT2D eigenvalue weighted by atomic mass is 16.3. The number of benzene rings is 2. The van der Waals surface area contributed by atoms with E-state index in [1.165, 1.54) is 0 Å². The Morgan fingerprint density at radius 2 is 1.24 bits per heavy atom. The zero-order valence-electron chi connectivity index (χ0n) is 13.2. The molecule has 0 fully saturated rings. The Morgan fingerprint density at radius 1 is 0.810 bits per heavy atom. The highest BCUT2D eigenvalue weighted by Gasteiger charge is 2.35. The number of phenols is 2. The average molecular weight is 284 g/mol. The largest absolute Gasteiger partial charge is 0.508 e. The molecule has 0 saturated heterocycles. The van der Waals surface area contributed by atoms with E-state index in [0.717, 1.165) is 28.3 Å². The first kappa shape index (κ1) is 14.2. The summed E-state index contributed by atoms with van der Waals surface area (Å²) >= 11 is 0. The summed E-state index contributed by atoms with van der Waals surface area (Å²) in [4.78, 5) is 0. The Balaban J connectivity index is 2.42. The number of hydrogen-bond acceptors (Lipinski definition) is 2. The number of rotatable bonds is 2. The van der Waals surface area contributed by atoms with Crippen molar-refractivity contribution in [2.45, 2.75) is 46.0 Å². The van der Waals surface area contributed by atoms with E-state index in [9.17, 15) is 10.2 Å². The molecule has 2 heteroatoms. The van der Waals surface area contributed by atoms with Gasteiger partial charge in [-0.05, 0) is 53.0 Å². The molecule has 112 valence electrons. The van der Waals surface area contributed by atoms with Crippen molar-refractivity contribution in [1.82, 2.24) is 0 Å². The summed E-state index contributed by atoms with van der Waals surface area (Å²) in [6.07, 6.45) is 0.993. The van der Waals surface area contributed by atoms with Crippen molar-refractivity contribution in [3.63, 3.8) is 0 Å². The molecule has 0 heterocycles. The Hall–Kier alpha value is -1.70.